The minimum Gasteiger partial charge on any atom is -0.393 e. The first kappa shape index (κ1) is 21.6. The van der Waals surface area contributed by atoms with Gasteiger partial charge >= 0.3 is 0 Å². The number of likely N-dealkylation sites (tertiary alicyclic amines) is 1. The SMILES string of the molecule is C=C/C=C(\C=C/C)C(C#N)(C1CCN(Cc2ccccc2)CC1)C1CCCC1O. The predicted octanol–water partition coefficient (Wildman–Crippen LogP) is 5.26. The minimum absolute atomic E-state index is 0.000531. The van der Waals surface area contributed by atoms with E-state index in [9.17, 15) is 10.4 Å². The Kier molecular flexibility index (Phi) is 7.47. The first-order valence-electron chi connectivity index (χ1n) is 11.0. The van der Waals surface area contributed by atoms with Crippen LogP contribution >= 0.6 is 0 Å². The zero-order valence-corrected chi connectivity index (χ0v) is 17.6. The summed E-state index contributed by atoms with van der Waals surface area (Å²) in [5.41, 5.74) is 1.71. The molecular formula is C26H34N2O. The van der Waals surface area contributed by atoms with E-state index in [-0.39, 0.29) is 11.8 Å². The minimum atomic E-state index is -0.643. The Morgan fingerprint density at radius 1 is 1.24 bits per heavy atom. The second-order valence-corrected chi connectivity index (χ2v) is 8.48. The average Bonchev–Trinajstić information content (AvgIpc) is 3.17. The molecule has 1 aromatic carbocycles. The van der Waals surface area contributed by atoms with E-state index in [0.717, 1.165) is 57.3 Å². The molecule has 1 saturated heterocycles. The van der Waals surface area contributed by atoms with Crippen molar-refractivity contribution in [1.82, 2.24) is 4.90 Å². The standard InChI is InChI=1S/C26H34N2O/c1-3-9-22(10-4-2)26(20-27,24-13-8-14-25(24)29)23-15-17-28(18-16-23)19-21-11-6-5-7-12-21/h3-7,9-12,23-25,29H,1,8,13-19H2,2H3/b10-4-,22-9+. The van der Waals surface area contributed by atoms with Gasteiger partial charge in [0.1, 0.15) is 0 Å². The quantitative estimate of drug-likeness (QED) is 0.646. The third-order valence-corrected chi connectivity index (χ3v) is 6.85. The van der Waals surface area contributed by atoms with Crippen molar-refractivity contribution in [3.05, 3.63) is 72.4 Å². The van der Waals surface area contributed by atoms with E-state index in [4.69, 9.17) is 0 Å². The van der Waals surface area contributed by atoms with Gasteiger partial charge in [-0.1, -0.05) is 67.6 Å². The van der Waals surface area contributed by atoms with Crippen molar-refractivity contribution < 1.29 is 5.11 Å². The molecule has 3 nitrogen and oxygen atoms in total. The molecule has 1 aliphatic heterocycles. The van der Waals surface area contributed by atoms with Gasteiger partial charge in [0.25, 0.3) is 0 Å². The van der Waals surface area contributed by atoms with Crippen molar-refractivity contribution in [2.45, 2.75) is 51.7 Å². The Hall–Kier alpha value is -2.15. The van der Waals surface area contributed by atoms with Gasteiger partial charge in [-0.15, -0.1) is 0 Å². The number of nitriles is 1. The fourth-order valence-corrected chi connectivity index (χ4v) is 5.49. The van der Waals surface area contributed by atoms with Crippen molar-refractivity contribution in [2.24, 2.45) is 17.3 Å². The number of piperidine rings is 1. The van der Waals surface area contributed by atoms with Gasteiger partial charge in [-0.05, 0) is 62.8 Å². The predicted molar refractivity (Wildman–Crippen MR) is 119 cm³/mol. The smallest absolute Gasteiger partial charge is 0.0903 e. The Balaban J connectivity index is 1.84. The summed E-state index contributed by atoms with van der Waals surface area (Å²) >= 11 is 0. The summed E-state index contributed by atoms with van der Waals surface area (Å²) < 4.78 is 0. The van der Waals surface area contributed by atoms with Gasteiger partial charge in [-0.3, -0.25) is 4.90 Å². The highest BCUT2D eigenvalue weighted by Crippen LogP contribution is 2.53. The molecule has 3 atom stereocenters. The van der Waals surface area contributed by atoms with Crippen LogP contribution in [0.5, 0.6) is 0 Å². The molecule has 0 aromatic heterocycles. The summed E-state index contributed by atoms with van der Waals surface area (Å²) in [6.45, 7) is 8.82. The van der Waals surface area contributed by atoms with Crippen molar-refractivity contribution in [3.63, 3.8) is 0 Å². The van der Waals surface area contributed by atoms with Gasteiger partial charge in [-0.2, -0.15) is 5.26 Å². The highest BCUT2D eigenvalue weighted by Gasteiger charge is 2.52. The molecule has 2 fully saturated rings. The second kappa shape index (κ2) is 10.1. The fraction of sp³-hybridized carbons (Fsp3) is 0.500. The Morgan fingerprint density at radius 2 is 1.97 bits per heavy atom. The third kappa shape index (κ3) is 4.55. The molecule has 1 aromatic rings. The van der Waals surface area contributed by atoms with Crippen molar-refractivity contribution >= 4 is 0 Å². The first-order valence-corrected chi connectivity index (χ1v) is 11.0. The largest absolute Gasteiger partial charge is 0.393 e. The number of aliphatic hydroxyl groups excluding tert-OH is 1. The van der Waals surface area contributed by atoms with Gasteiger partial charge in [0.2, 0.25) is 0 Å². The lowest BCUT2D eigenvalue weighted by molar-refractivity contribution is 0.0309. The fourth-order valence-electron chi connectivity index (χ4n) is 5.49. The summed E-state index contributed by atoms with van der Waals surface area (Å²) in [5, 5.41) is 21.3. The molecule has 3 rings (SSSR count). The molecule has 3 unspecified atom stereocenters. The molecule has 0 radical (unpaired) electrons. The number of hydrogen-bond donors (Lipinski definition) is 1. The summed E-state index contributed by atoms with van der Waals surface area (Å²) in [4.78, 5) is 2.49. The van der Waals surface area contributed by atoms with E-state index in [1.807, 2.05) is 19.1 Å². The molecule has 1 heterocycles. The molecular weight excluding hydrogens is 356 g/mol. The van der Waals surface area contributed by atoms with Gasteiger partial charge in [0.05, 0.1) is 17.6 Å². The van der Waals surface area contributed by atoms with E-state index < -0.39 is 11.5 Å². The number of allylic oxidation sites excluding steroid dienone is 5. The van der Waals surface area contributed by atoms with Crippen LogP contribution in [-0.4, -0.2) is 29.2 Å². The third-order valence-electron chi connectivity index (χ3n) is 6.85. The Morgan fingerprint density at radius 3 is 2.52 bits per heavy atom. The number of hydrogen-bond acceptors (Lipinski definition) is 3. The molecule has 3 heteroatoms. The monoisotopic (exact) mass is 390 g/mol. The second-order valence-electron chi connectivity index (χ2n) is 8.48. The van der Waals surface area contributed by atoms with E-state index in [0.29, 0.717) is 0 Å². The Labute approximate surface area is 176 Å². The lowest BCUT2D eigenvalue weighted by atomic mass is 9.59. The molecule has 0 spiro atoms. The summed E-state index contributed by atoms with van der Waals surface area (Å²) in [5.74, 6) is 0.250. The lowest BCUT2D eigenvalue weighted by Crippen LogP contribution is -2.46. The van der Waals surface area contributed by atoms with Crippen LogP contribution in [-0.2, 0) is 6.54 Å². The zero-order chi connectivity index (χ0) is 20.7. The highest BCUT2D eigenvalue weighted by molar-refractivity contribution is 5.38. The molecule has 154 valence electrons. The maximum Gasteiger partial charge on any atom is 0.0903 e. The van der Waals surface area contributed by atoms with Crippen molar-refractivity contribution in [1.29, 1.82) is 5.26 Å². The van der Waals surface area contributed by atoms with Gasteiger partial charge < -0.3 is 5.11 Å². The topological polar surface area (TPSA) is 47.3 Å². The molecule has 0 bridgehead atoms. The average molecular weight is 391 g/mol. The van der Waals surface area contributed by atoms with E-state index in [2.05, 4.69) is 54.0 Å². The molecule has 2 aliphatic rings. The summed E-state index contributed by atoms with van der Waals surface area (Å²) in [7, 11) is 0. The molecule has 29 heavy (non-hydrogen) atoms. The summed E-state index contributed by atoms with van der Waals surface area (Å²) in [6, 6.07) is 13.3. The van der Waals surface area contributed by atoms with Gasteiger partial charge in [0, 0.05) is 12.5 Å². The normalized spacial score (nSPS) is 26.3. The maximum absolute atomic E-state index is 10.8. The van der Waals surface area contributed by atoms with Crippen LogP contribution in [0, 0.1) is 28.6 Å². The van der Waals surface area contributed by atoms with Crippen molar-refractivity contribution in [2.75, 3.05) is 13.1 Å². The molecule has 1 N–H and O–H groups in total. The zero-order valence-electron chi connectivity index (χ0n) is 17.6. The van der Waals surface area contributed by atoms with E-state index >= 15 is 0 Å². The van der Waals surface area contributed by atoms with Crippen molar-refractivity contribution in [3.8, 4) is 6.07 Å². The lowest BCUT2D eigenvalue weighted by Gasteiger charge is -2.46. The van der Waals surface area contributed by atoms with Crippen LogP contribution in [0.4, 0.5) is 0 Å². The van der Waals surface area contributed by atoms with Crippen LogP contribution in [0.15, 0.2) is 66.8 Å². The van der Waals surface area contributed by atoms with Gasteiger partial charge in [0.15, 0.2) is 0 Å². The number of benzene rings is 1. The van der Waals surface area contributed by atoms with Crippen LogP contribution in [0.2, 0.25) is 0 Å². The Bertz CT molecular complexity index is 768. The first-order chi connectivity index (χ1) is 14.2. The number of nitrogens with zero attached hydrogens (tertiary/aromatic N) is 2. The van der Waals surface area contributed by atoms with E-state index in [1.54, 1.807) is 6.08 Å². The van der Waals surface area contributed by atoms with Gasteiger partial charge in [-0.25, -0.2) is 0 Å². The molecule has 1 aliphatic carbocycles. The van der Waals surface area contributed by atoms with Crippen LogP contribution < -0.4 is 0 Å². The van der Waals surface area contributed by atoms with Crippen LogP contribution in [0.25, 0.3) is 0 Å². The summed E-state index contributed by atoms with van der Waals surface area (Å²) in [6.07, 6.45) is 12.1. The maximum atomic E-state index is 10.8. The van der Waals surface area contributed by atoms with Crippen LogP contribution in [0.3, 0.4) is 0 Å². The highest BCUT2D eigenvalue weighted by atomic mass is 16.3. The number of rotatable bonds is 7. The number of aliphatic hydroxyl groups is 1. The molecule has 1 saturated carbocycles. The molecule has 0 amide bonds. The van der Waals surface area contributed by atoms with Crippen LogP contribution in [0.1, 0.15) is 44.6 Å². The van der Waals surface area contributed by atoms with E-state index in [1.165, 1.54) is 5.56 Å².